The van der Waals surface area contributed by atoms with Gasteiger partial charge in [-0.3, -0.25) is 0 Å². The van der Waals surface area contributed by atoms with Gasteiger partial charge < -0.3 is 10.2 Å². The minimum absolute atomic E-state index is 0.00107. The first-order valence-electron chi connectivity index (χ1n) is 7.20. The fourth-order valence-electron chi connectivity index (χ4n) is 3.12. The minimum Gasteiger partial charge on any atom is -0.508 e. The third-order valence-electron chi connectivity index (χ3n) is 4.16. The van der Waals surface area contributed by atoms with Crippen LogP contribution in [0.5, 0.6) is 11.5 Å². The molecule has 0 spiro atoms. The summed E-state index contributed by atoms with van der Waals surface area (Å²) in [5.41, 5.74) is 0.933. The SMILES string of the molecule is Oc1ccc(F)cc1[C@H]1C=CCC[C@@H]1c1cc(F)ccc1O. The number of benzene rings is 2. The second-order valence-corrected chi connectivity index (χ2v) is 5.54. The predicted octanol–water partition coefficient (Wildman–Crippen LogP) is 4.59. The number of hydrogen-bond donors (Lipinski definition) is 2. The Morgan fingerprint density at radius 3 is 2.14 bits per heavy atom. The van der Waals surface area contributed by atoms with Crippen LogP contribution in [0.15, 0.2) is 48.6 Å². The lowest BCUT2D eigenvalue weighted by molar-refractivity contribution is 0.432. The van der Waals surface area contributed by atoms with Gasteiger partial charge in [0.2, 0.25) is 0 Å². The summed E-state index contributed by atoms with van der Waals surface area (Å²) in [6.07, 6.45) is 5.32. The van der Waals surface area contributed by atoms with Gasteiger partial charge in [0, 0.05) is 17.0 Å². The van der Waals surface area contributed by atoms with E-state index in [-0.39, 0.29) is 23.3 Å². The first-order valence-corrected chi connectivity index (χ1v) is 7.20. The molecule has 22 heavy (non-hydrogen) atoms. The molecule has 0 saturated carbocycles. The Morgan fingerprint density at radius 2 is 1.45 bits per heavy atom. The standard InChI is InChI=1S/C18H16F2O2/c19-11-5-7-17(21)15(9-11)13-3-1-2-4-14(13)16-10-12(20)6-8-18(16)22/h1,3,5-10,13-14,21-22H,2,4H2/t13-,14-/m0/s1. The maximum Gasteiger partial charge on any atom is 0.123 e. The maximum atomic E-state index is 13.5. The van der Waals surface area contributed by atoms with Gasteiger partial charge in [-0.2, -0.15) is 0 Å². The van der Waals surface area contributed by atoms with Crippen molar-refractivity contribution in [2.75, 3.05) is 0 Å². The predicted molar refractivity (Wildman–Crippen MR) is 80.0 cm³/mol. The fraction of sp³-hybridized carbons (Fsp3) is 0.222. The number of phenols is 2. The van der Waals surface area contributed by atoms with Gasteiger partial charge >= 0.3 is 0 Å². The van der Waals surface area contributed by atoms with E-state index in [0.29, 0.717) is 17.5 Å². The Labute approximate surface area is 127 Å². The molecule has 114 valence electrons. The van der Waals surface area contributed by atoms with Gasteiger partial charge in [-0.1, -0.05) is 12.2 Å². The van der Waals surface area contributed by atoms with Gasteiger partial charge in [0.1, 0.15) is 23.1 Å². The van der Waals surface area contributed by atoms with Crippen LogP contribution in [-0.4, -0.2) is 10.2 Å². The van der Waals surface area contributed by atoms with E-state index in [1.54, 1.807) is 0 Å². The Bertz CT molecular complexity index is 725. The van der Waals surface area contributed by atoms with E-state index in [2.05, 4.69) is 0 Å². The third-order valence-corrected chi connectivity index (χ3v) is 4.16. The summed E-state index contributed by atoms with van der Waals surface area (Å²) in [4.78, 5) is 0. The molecule has 0 amide bonds. The highest BCUT2D eigenvalue weighted by molar-refractivity contribution is 5.45. The molecule has 0 fully saturated rings. The highest BCUT2D eigenvalue weighted by Crippen LogP contribution is 2.45. The van der Waals surface area contributed by atoms with Crippen LogP contribution in [0.25, 0.3) is 0 Å². The van der Waals surface area contributed by atoms with E-state index in [1.807, 2.05) is 12.2 Å². The molecule has 2 aromatic carbocycles. The Hall–Kier alpha value is -2.36. The van der Waals surface area contributed by atoms with Gasteiger partial charge in [-0.25, -0.2) is 8.78 Å². The molecule has 0 unspecified atom stereocenters. The molecule has 2 atom stereocenters. The van der Waals surface area contributed by atoms with Crippen LogP contribution in [0.2, 0.25) is 0 Å². The van der Waals surface area contributed by atoms with Crippen LogP contribution in [0.1, 0.15) is 35.8 Å². The topological polar surface area (TPSA) is 40.5 Å². The molecular weight excluding hydrogens is 286 g/mol. The van der Waals surface area contributed by atoms with Crippen LogP contribution in [0, 0.1) is 11.6 Å². The van der Waals surface area contributed by atoms with Crippen LogP contribution >= 0.6 is 0 Å². The molecular formula is C18H16F2O2. The highest BCUT2D eigenvalue weighted by Gasteiger charge is 2.29. The molecule has 0 aromatic heterocycles. The summed E-state index contributed by atoms with van der Waals surface area (Å²) in [5, 5.41) is 20.1. The van der Waals surface area contributed by atoms with Crippen LogP contribution in [0.3, 0.4) is 0 Å². The van der Waals surface area contributed by atoms with Crippen molar-refractivity contribution in [3.63, 3.8) is 0 Å². The van der Waals surface area contributed by atoms with Gasteiger partial charge in [0.25, 0.3) is 0 Å². The van der Waals surface area contributed by atoms with Gasteiger partial charge in [-0.15, -0.1) is 0 Å². The third kappa shape index (κ3) is 2.69. The number of hydrogen-bond acceptors (Lipinski definition) is 2. The van der Waals surface area contributed by atoms with Crippen molar-refractivity contribution >= 4 is 0 Å². The molecule has 1 aliphatic carbocycles. The average molecular weight is 302 g/mol. The Kier molecular flexibility index (Phi) is 3.84. The number of rotatable bonds is 2. The molecule has 0 bridgehead atoms. The second-order valence-electron chi connectivity index (χ2n) is 5.54. The normalized spacial score (nSPS) is 21.0. The van der Waals surface area contributed by atoms with E-state index in [9.17, 15) is 19.0 Å². The van der Waals surface area contributed by atoms with E-state index in [4.69, 9.17) is 0 Å². The highest BCUT2D eigenvalue weighted by atomic mass is 19.1. The van der Waals surface area contributed by atoms with E-state index >= 15 is 0 Å². The van der Waals surface area contributed by atoms with E-state index in [1.165, 1.54) is 36.4 Å². The van der Waals surface area contributed by atoms with Crippen LogP contribution < -0.4 is 0 Å². The fourth-order valence-corrected chi connectivity index (χ4v) is 3.12. The molecule has 2 aromatic rings. The average Bonchev–Trinajstić information content (AvgIpc) is 2.52. The largest absolute Gasteiger partial charge is 0.508 e. The zero-order chi connectivity index (χ0) is 15.7. The zero-order valence-electron chi connectivity index (χ0n) is 11.8. The van der Waals surface area contributed by atoms with Gasteiger partial charge in [-0.05, 0) is 55.2 Å². The maximum absolute atomic E-state index is 13.5. The lowest BCUT2D eigenvalue weighted by Crippen LogP contribution is -2.13. The van der Waals surface area contributed by atoms with Crippen molar-refractivity contribution in [2.24, 2.45) is 0 Å². The van der Waals surface area contributed by atoms with Gasteiger partial charge in [0.15, 0.2) is 0 Å². The van der Waals surface area contributed by atoms with Gasteiger partial charge in [0.05, 0.1) is 0 Å². The number of allylic oxidation sites excluding steroid dienone is 2. The molecule has 4 heteroatoms. The van der Waals surface area contributed by atoms with E-state index < -0.39 is 11.6 Å². The molecule has 2 N–H and O–H groups in total. The molecule has 0 aliphatic heterocycles. The summed E-state index contributed by atoms with van der Waals surface area (Å²) < 4.78 is 27.1. The van der Waals surface area contributed by atoms with Crippen molar-refractivity contribution in [1.29, 1.82) is 0 Å². The van der Waals surface area contributed by atoms with Crippen molar-refractivity contribution in [3.8, 4) is 11.5 Å². The lowest BCUT2D eigenvalue weighted by Gasteiger charge is -2.29. The lowest BCUT2D eigenvalue weighted by atomic mass is 9.75. The quantitative estimate of drug-likeness (QED) is 0.796. The van der Waals surface area contributed by atoms with Crippen LogP contribution in [-0.2, 0) is 0 Å². The van der Waals surface area contributed by atoms with Crippen molar-refractivity contribution in [2.45, 2.75) is 24.7 Å². The first kappa shape index (κ1) is 14.6. The number of aromatic hydroxyl groups is 2. The molecule has 0 heterocycles. The molecule has 3 rings (SSSR count). The molecule has 0 radical (unpaired) electrons. The zero-order valence-corrected chi connectivity index (χ0v) is 11.8. The number of phenolic OH excluding ortho intramolecular Hbond substituents is 2. The smallest absolute Gasteiger partial charge is 0.123 e. The van der Waals surface area contributed by atoms with Crippen molar-refractivity contribution in [3.05, 3.63) is 71.3 Å². The minimum atomic E-state index is -0.436. The van der Waals surface area contributed by atoms with E-state index in [0.717, 1.165) is 6.42 Å². The van der Waals surface area contributed by atoms with Crippen molar-refractivity contribution in [1.82, 2.24) is 0 Å². The summed E-state index contributed by atoms with van der Waals surface area (Å²) in [7, 11) is 0. The monoisotopic (exact) mass is 302 g/mol. The van der Waals surface area contributed by atoms with Crippen LogP contribution in [0.4, 0.5) is 8.78 Å². The van der Waals surface area contributed by atoms with Crippen molar-refractivity contribution < 1.29 is 19.0 Å². The molecule has 1 aliphatic rings. The summed E-state index contributed by atoms with van der Waals surface area (Å²) >= 11 is 0. The first-order chi connectivity index (χ1) is 10.6. The summed E-state index contributed by atoms with van der Waals surface area (Å²) in [5.74, 6) is -1.37. The summed E-state index contributed by atoms with van der Waals surface area (Å²) in [6, 6.07) is 7.63. The molecule has 0 saturated heterocycles. The number of halogens is 2. The Morgan fingerprint density at radius 1 is 0.864 bits per heavy atom. The Balaban J connectivity index is 2.08. The molecule has 2 nitrogen and oxygen atoms in total. The summed E-state index contributed by atoms with van der Waals surface area (Å²) in [6.45, 7) is 0. The second kappa shape index (κ2) is 5.79.